The van der Waals surface area contributed by atoms with Gasteiger partial charge >= 0.3 is 5.97 Å². The molecule has 1 N–H and O–H groups in total. The highest BCUT2D eigenvalue weighted by molar-refractivity contribution is 7.80. The molecule has 5 nitrogen and oxygen atoms in total. The zero-order chi connectivity index (χ0) is 30.6. The van der Waals surface area contributed by atoms with Gasteiger partial charge in [0.1, 0.15) is 11.3 Å². The zero-order valence-electron chi connectivity index (χ0n) is 26.4. The molecule has 1 heterocycles. The maximum Gasteiger partial charge on any atom is 0.338 e. The summed E-state index contributed by atoms with van der Waals surface area (Å²) in [7, 11) is 0. The van der Waals surface area contributed by atoms with Gasteiger partial charge < -0.3 is 14.5 Å². The first-order valence-electron chi connectivity index (χ1n) is 16.1. The SMILES string of the molecule is CC/N=c1\cc2oc3cc(NCC)c(C)cc3c(-c3ccccc3C(=O)OCCCCCCCCCCCS)c-2cc1C. The lowest BCUT2D eigenvalue weighted by atomic mass is 9.89. The number of esters is 1. The fourth-order valence-electron chi connectivity index (χ4n) is 5.77. The Bertz CT molecular complexity index is 1540. The topological polar surface area (TPSA) is 63.8 Å². The van der Waals surface area contributed by atoms with Crippen LogP contribution in [0.4, 0.5) is 5.69 Å². The van der Waals surface area contributed by atoms with Crippen LogP contribution in [0.3, 0.4) is 0 Å². The molecule has 0 fully saturated rings. The van der Waals surface area contributed by atoms with Crippen molar-refractivity contribution in [3.05, 3.63) is 70.6 Å². The third-order valence-corrected chi connectivity index (χ3v) is 8.35. The molecule has 1 aliphatic heterocycles. The van der Waals surface area contributed by atoms with Crippen LogP contribution in [0.1, 0.15) is 93.1 Å². The Hall–Kier alpha value is -3.25. The predicted octanol–water partition coefficient (Wildman–Crippen LogP) is 9.77. The molecule has 0 spiro atoms. The van der Waals surface area contributed by atoms with Crippen LogP contribution in [-0.2, 0) is 4.74 Å². The molecule has 0 atom stereocenters. The first kappa shape index (κ1) is 32.7. The van der Waals surface area contributed by atoms with Crippen molar-refractivity contribution in [3.8, 4) is 22.5 Å². The van der Waals surface area contributed by atoms with E-state index in [0.29, 0.717) is 18.7 Å². The molecule has 0 saturated heterocycles. The predicted molar refractivity (Wildman–Crippen MR) is 184 cm³/mol. The fourth-order valence-corrected chi connectivity index (χ4v) is 6.00. The number of hydrogen-bond acceptors (Lipinski definition) is 6. The lowest BCUT2D eigenvalue weighted by Gasteiger charge is -2.20. The van der Waals surface area contributed by atoms with Gasteiger partial charge in [0.2, 0.25) is 0 Å². The van der Waals surface area contributed by atoms with Crippen molar-refractivity contribution in [2.24, 2.45) is 4.99 Å². The highest BCUT2D eigenvalue weighted by atomic mass is 32.1. The number of ether oxygens (including phenoxy) is 1. The van der Waals surface area contributed by atoms with Crippen LogP contribution in [0.25, 0.3) is 33.4 Å². The van der Waals surface area contributed by atoms with Crippen LogP contribution >= 0.6 is 12.6 Å². The quantitative estimate of drug-likeness (QED) is 0.0581. The summed E-state index contributed by atoms with van der Waals surface area (Å²) in [4.78, 5) is 18.2. The first-order valence-corrected chi connectivity index (χ1v) is 16.7. The van der Waals surface area contributed by atoms with Gasteiger partial charge in [-0.1, -0.05) is 63.1 Å². The van der Waals surface area contributed by atoms with Crippen LogP contribution in [-0.4, -0.2) is 31.4 Å². The first-order chi connectivity index (χ1) is 21.0. The van der Waals surface area contributed by atoms with Gasteiger partial charge in [0.15, 0.2) is 0 Å². The molecule has 0 radical (unpaired) electrons. The number of fused-ring (bicyclic) bond motifs is 2. The van der Waals surface area contributed by atoms with Gasteiger partial charge in [-0.2, -0.15) is 12.6 Å². The Morgan fingerprint density at radius 3 is 2.26 bits per heavy atom. The molecule has 6 heteroatoms. The van der Waals surface area contributed by atoms with Crippen LogP contribution < -0.4 is 10.7 Å². The van der Waals surface area contributed by atoms with Crippen LogP contribution in [0.15, 0.2) is 57.9 Å². The van der Waals surface area contributed by atoms with E-state index in [1.165, 1.54) is 44.9 Å². The molecule has 4 rings (SSSR count). The summed E-state index contributed by atoms with van der Waals surface area (Å²) in [5.41, 5.74) is 7.37. The number of nitrogens with one attached hydrogen (secondary N) is 1. The molecule has 0 bridgehead atoms. The highest BCUT2D eigenvalue weighted by Gasteiger charge is 2.23. The van der Waals surface area contributed by atoms with Crippen LogP contribution in [0.5, 0.6) is 0 Å². The average Bonchev–Trinajstić information content (AvgIpc) is 3.00. The number of anilines is 1. The minimum absolute atomic E-state index is 0.280. The van der Waals surface area contributed by atoms with Crippen molar-refractivity contribution in [2.75, 3.05) is 30.8 Å². The van der Waals surface area contributed by atoms with Crippen molar-refractivity contribution < 1.29 is 13.9 Å². The molecule has 230 valence electrons. The molecule has 43 heavy (non-hydrogen) atoms. The Labute approximate surface area is 262 Å². The number of nitrogens with zero attached hydrogens (tertiary/aromatic N) is 1. The lowest BCUT2D eigenvalue weighted by molar-refractivity contribution is 0.0498. The van der Waals surface area contributed by atoms with Crippen molar-refractivity contribution in [3.63, 3.8) is 0 Å². The summed E-state index contributed by atoms with van der Waals surface area (Å²) in [5, 5.41) is 5.34. The van der Waals surface area contributed by atoms with Gasteiger partial charge in [-0.05, 0) is 81.2 Å². The van der Waals surface area contributed by atoms with Crippen LogP contribution in [0, 0.1) is 13.8 Å². The highest BCUT2D eigenvalue weighted by Crippen LogP contribution is 2.43. The number of rotatable bonds is 16. The van der Waals surface area contributed by atoms with Crippen molar-refractivity contribution >= 4 is 35.3 Å². The zero-order valence-corrected chi connectivity index (χ0v) is 27.3. The van der Waals surface area contributed by atoms with Gasteiger partial charge in [-0.3, -0.25) is 4.99 Å². The number of aryl methyl sites for hydroxylation is 2. The summed E-state index contributed by atoms with van der Waals surface area (Å²) in [6.07, 6.45) is 10.8. The van der Waals surface area contributed by atoms with Gasteiger partial charge in [-0.25, -0.2) is 4.79 Å². The number of carbonyl (C=O) groups excluding carboxylic acids is 1. The largest absolute Gasteiger partial charge is 0.462 e. The smallest absolute Gasteiger partial charge is 0.338 e. The van der Waals surface area contributed by atoms with E-state index in [9.17, 15) is 4.79 Å². The summed E-state index contributed by atoms with van der Waals surface area (Å²) in [6, 6.07) is 16.2. The molecular weight excluding hydrogens is 552 g/mol. The molecule has 0 amide bonds. The third kappa shape index (κ3) is 8.44. The van der Waals surface area contributed by atoms with Gasteiger partial charge in [-0.15, -0.1) is 0 Å². The van der Waals surface area contributed by atoms with Gasteiger partial charge in [0.05, 0.1) is 17.5 Å². The van der Waals surface area contributed by atoms with Crippen molar-refractivity contribution in [2.45, 2.75) is 85.5 Å². The summed E-state index contributed by atoms with van der Waals surface area (Å²) in [5.74, 6) is 1.46. The third-order valence-electron chi connectivity index (χ3n) is 8.03. The number of unbranched alkanes of at least 4 members (excludes halogenated alkanes) is 8. The van der Waals surface area contributed by atoms with E-state index in [1.54, 1.807) is 0 Å². The van der Waals surface area contributed by atoms with Crippen molar-refractivity contribution in [1.82, 2.24) is 0 Å². The summed E-state index contributed by atoms with van der Waals surface area (Å²) >= 11 is 4.28. The second-order valence-electron chi connectivity index (χ2n) is 11.4. The number of carbonyl (C=O) groups is 1. The van der Waals surface area contributed by atoms with E-state index in [-0.39, 0.29) is 5.97 Å². The molecule has 0 aromatic heterocycles. The van der Waals surface area contributed by atoms with E-state index in [0.717, 1.165) is 80.7 Å². The molecule has 2 aliphatic rings. The average molecular weight is 601 g/mol. The van der Waals surface area contributed by atoms with E-state index in [4.69, 9.17) is 9.15 Å². The second kappa shape index (κ2) is 16.6. The molecule has 2 aromatic rings. The van der Waals surface area contributed by atoms with Crippen molar-refractivity contribution in [1.29, 1.82) is 0 Å². The monoisotopic (exact) mass is 600 g/mol. The van der Waals surface area contributed by atoms with E-state index < -0.39 is 0 Å². The second-order valence-corrected chi connectivity index (χ2v) is 11.8. The minimum atomic E-state index is -0.280. The molecule has 2 aromatic carbocycles. The number of thiol groups is 1. The number of hydrogen-bond donors (Lipinski definition) is 2. The molecule has 0 saturated carbocycles. The Balaban J connectivity index is 1.60. The maximum absolute atomic E-state index is 13.5. The molecule has 1 aliphatic carbocycles. The van der Waals surface area contributed by atoms with Gasteiger partial charge in [0.25, 0.3) is 0 Å². The Morgan fingerprint density at radius 2 is 1.56 bits per heavy atom. The minimum Gasteiger partial charge on any atom is -0.462 e. The summed E-state index contributed by atoms with van der Waals surface area (Å²) < 4.78 is 12.4. The Kier molecular flexibility index (Phi) is 12.6. The number of benzene rings is 3. The lowest BCUT2D eigenvalue weighted by Crippen LogP contribution is -2.11. The van der Waals surface area contributed by atoms with Gasteiger partial charge in [0, 0.05) is 47.4 Å². The van der Waals surface area contributed by atoms with E-state index in [1.807, 2.05) is 37.3 Å². The Morgan fingerprint density at radius 1 is 0.860 bits per heavy atom. The standard InChI is InChI=1S/C37H48N2O3S/c1-5-38-32-24-34-30(22-26(32)3)36(31-23-27(4)33(39-6-2)25-35(31)42-34)28-18-14-15-19-29(28)37(40)41-20-16-12-10-8-7-9-11-13-17-21-43/h14-15,18-19,22-25,38,43H,5-13,16-17,20-21H2,1-4H3/b39-33+. The van der Waals surface area contributed by atoms with E-state index in [2.05, 4.69) is 61.9 Å². The van der Waals surface area contributed by atoms with Crippen LogP contribution in [0.2, 0.25) is 0 Å². The fraction of sp³-hybridized carbons (Fsp3) is 0.459. The summed E-state index contributed by atoms with van der Waals surface area (Å²) in [6.45, 7) is 10.2. The molecule has 0 unspecified atom stereocenters. The normalized spacial score (nSPS) is 11.9. The van der Waals surface area contributed by atoms with E-state index >= 15 is 0 Å². The molecular formula is C37H48N2O3S. The maximum atomic E-state index is 13.5.